The maximum absolute atomic E-state index is 5.50. The Bertz CT molecular complexity index is 795. The first kappa shape index (κ1) is 22.1. The molecule has 0 aliphatic carbocycles. The Morgan fingerprint density at radius 3 is 2.13 bits per heavy atom. The molecule has 0 N–H and O–H groups in total. The van der Waals surface area contributed by atoms with Crippen LogP contribution in [-0.2, 0) is 16.0 Å². The second-order valence-corrected chi connectivity index (χ2v) is 7.44. The molecule has 2 heterocycles. The van der Waals surface area contributed by atoms with Gasteiger partial charge in [-0.15, -0.1) is 6.58 Å². The Kier molecular flexibility index (Phi) is 8.94. The molecule has 2 aromatic carbocycles. The van der Waals surface area contributed by atoms with Crippen molar-refractivity contribution >= 4 is 17.6 Å². The van der Waals surface area contributed by atoms with E-state index in [9.17, 15) is 0 Å². The Labute approximate surface area is 180 Å². The van der Waals surface area contributed by atoms with Crippen molar-refractivity contribution in [2.45, 2.75) is 32.5 Å². The second-order valence-electron chi connectivity index (χ2n) is 7.44. The van der Waals surface area contributed by atoms with Crippen molar-refractivity contribution < 1.29 is 9.47 Å². The summed E-state index contributed by atoms with van der Waals surface area (Å²) in [6, 6.07) is 21.2. The number of rotatable bonds is 8. The zero-order valence-electron chi connectivity index (χ0n) is 17.8. The molecule has 1 unspecified atom stereocenters. The van der Waals surface area contributed by atoms with Gasteiger partial charge in [-0.3, -0.25) is 0 Å². The van der Waals surface area contributed by atoms with E-state index in [1.807, 2.05) is 18.6 Å². The van der Waals surface area contributed by atoms with Crippen LogP contribution in [0.1, 0.15) is 13.3 Å². The molecule has 1 fully saturated rings. The van der Waals surface area contributed by atoms with Crippen LogP contribution in [0.15, 0.2) is 92.0 Å². The lowest BCUT2D eigenvalue weighted by Crippen LogP contribution is -2.41. The van der Waals surface area contributed by atoms with Gasteiger partial charge in [0.15, 0.2) is 6.29 Å². The third-order valence-electron chi connectivity index (χ3n) is 5.37. The summed E-state index contributed by atoms with van der Waals surface area (Å²) >= 11 is 0. The number of aromatic nitrogens is 2. The molecule has 0 bridgehead atoms. The van der Waals surface area contributed by atoms with Crippen LogP contribution < -0.4 is 10.9 Å². The molecule has 5 heteroatoms. The zero-order valence-corrected chi connectivity index (χ0v) is 17.8. The number of imidazole rings is 1. The van der Waals surface area contributed by atoms with Crippen LogP contribution in [0.4, 0.5) is 0 Å². The lowest BCUT2D eigenvalue weighted by Gasteiger charge is -2.20. The second kappa shape index (κ2) is 12.2. The topological polar surface area (TPSA) is 36.3 Å². The lowest BCUT2D eigenvalue weighted by molar-refractivity contribution is -0.0884. The van der Waals surface area contributed by atoms with E-state index in [1.54, 1.807) is 6.20 Å². The highest BCUT2D eigenvalue weighted by Gasteiger charge is 2.25. The molecule has 0 amide bonds. The summed E-state index contributed by atoms with van der Waals surface area (Å²) in [6.45, 7) is 8.81. The fourth-order valence-electron chi connectivity index (χ4n) is 3.72. The molecule has 156 valence electrons. The van der Waals surface area contributed by atoms with Crippen LogP contribution in [0.5, 0.6) is 0 Å². The molecule has 4 nitrogen and oxygen atoms in total. The standard InChI is InChI=1S/C15H15B.C10H16N2O2/c1-2-13-16(14-9-5-3-6-10-14)15-11-7-4-8-12-15;1-2-9(10-13-5-6-14-10)7-12-4-3-11-8-12/h2-12H,1,13H2;3-4,8-10H,2,5-7H2,1H3. The van der Waals surface area contributed by atoms with Gasteiger partial charge >= 0.3 is 0 Å². The smallest absolute Gasteiger partial charge is 0.213 e. The van der Waals surface area contributed by atoms with E-state index < -0.39 is 0 Å². The fourth-order valence-corrected chi connectivity index (χ4v) is 3.72. The minimum atomic E-state index is -0.0256. The van der Waals surface area contributed by atoms with E-state index in [2.05, 4.69) is 83.7 Å². The Morgan fingerprint density at radius 1 is 1.07 bits per heavy atom. The average Bonchev–Trinajstić information content (AvgIpc) is 3.52. The van der Waals surface area contributed by atoms with Gasteiger partial charge in [0.05, 0.1) is 19.5 Å². The largest absolute Gasteiger partial charge is 0.350 e. The predicted molar refractivity (Wildman–Crippen MR) is 125 cm³/mol. The van der Waals surface area contributed by atoms with Gasteiger partial charge in [-0.1, -0.05) is 84.6 Å². The third-order valence-corrected chi connectivity index (χ3v) is 5.37. The number of allylic oxidation sites excluding steroid dienone is 1. The van der Waals surface area contributed by atoms with E-state index >= 15 is 0 Å². The summed E-state index contributed by atoms with van der Waals surface area (Å²) in [5.41, 5.74) is 2.71. The van der Waals surface area contributed by atoms with Crippen molar-refractivity contribution in [2.75, 3.05) is 13.2 Å². The van der Waals surface area contributed by atoms with E-state index in [0.29, 0.717) is 12.6 Å². The number of hydrogen-bond donors (Lipinski definition) is 0. The summed E-state index contributed by atoms with van der Waals surface area (Å²) in [5.74, 6) is 0.423. The van der Waals surface area contributed by atoms with Crippen molar-refractivity contribution in [3.63, 3.8) is 0 Å². The number of hydrogen-bond acceptors (Lipinski definition) is 3. The fraction of sp³-hybridized carbons (Fsp3) is 0.320. The summed E-state index contributed by atoms with van der Waals surface area (Å²) < 4.78 is 13.1. The number of ether oxygens (including phenoxy) is 2. The minimum Gasteiger partial charge on any atom is -0.350 e. The normalized spacial score (nSPS) is 14.6. The summed E-state index contributed by atoms with van der Waals surface area (Å²) in [6.07, 6.45) is 9.60. The molecule has 3 aromatic rings. The van der Waals surface area contributed by atoms with Crippen molar-refractivity contribution in [1.82, 2.24) is 9.55 Å². The molecule has 0 saturated carbocycles. The van der Waals surface area contributed by atoms with Crippen molar-refractivity contribution in [1.29, 1.82) is 0 Å². The average molecular weight is 402 g/mol. The molecule has 1 saturated heterocycles. The third kappa shape index (κ3) is 6.44. The molecule has 0 spiro atoms. The molecule has 1 atom stereocenters. The van der Waals surface area contributed by atoms with Crippen LogP contribution in [-0.4, -0.2) is 35.8 Å². The molecule has 4 rings (SSSR count). The zero-order chi connectivity index (χ0) is 21.0. The van der Waals surface area contributed by atoms with Crippen molar-refractivity contribution in [2.24, 2.45) is 5.92 Å². The van der Waals surface area contributed by atoms with Gasteiger partial charge in [0.2, 0.25) is 6.71 Å². The highest BCUT2D eigenvalue weighted by Crippen LogP contribution is 2.19. The van der Waals surface area contributed by atoms with Gasteiger partial charge in [-0.05, 0) is 12.7 Å². The Balaban J connectivity index is 0.000000172. The highest BCUT2D eigenvalue weighted by molar-refractivity contribution is 6.85. The van der Waals surface area contributed by atoms with E-state index in [0.717, 1.165) is 32.5 Å². The molecule has 0 radical (unpaired) electrons. The SMILES string of the molecule is C=CCB(c1ccccc1)c1ccccc1.CCC(Cn1ccnc1)C1OCCO1. The first-order valence-electron chi connectivity index (χ1n) is 10.7. The van der Waals surface area contributed by atoms with Gasteiger partial charge < -0.3 is 14.0 Å². The number of nitrogens with zero attached hydrogens (tertiary/aromatic N) is 2. The van der Waals surface area contributed by atoms with Crippen LogP contribution >= 0.6 is 0 Å². The molecule has 1 aliphatic heterocycles. The quantitative estimate of drug-likeness (QED) is 0.425. The number of benzene rings is 2. The van der Waals surface area contributed by atoms with Crippen LogP contribution in [0, 0.1) is 5.92 Å². The van der Waals surface area contributed by atoms with Gasteiger partial charge in [0.1, 0.15) is 0 Å². The summed E-state index contributed by atoms with van der Waals surface area (Å²) in [4.78, 5) is 4.02. The monoisotopic (exact) mass is 402 g/mol. The molecule has 1 aromatic heterocycles. The highest BCUT2D eigenvalue weighted by atomic mass is 16.7. The molecule has 1 aliphatic rings. The first-order chi connectivity index (χ1) is 14.8. The minimum absolute atomic E-state index is 0.0256. The molecule has 30 heavy (non-hydrogen) atoms. The lowest BCUT2D eigenvalue weighted by atomic mass is 9.39. The predicted octanol–water partition coefficient (Wildman–Crippen LogP) is 3.76. The maximum Gasteiger partial charge on any atom is 0.213 e. The van der Waals surface area contributed by atoms with Gasteiger partial charge in [-0.2, -0.15) is 0 Å². The van der Waals surface area contributed by atoms with Gasteiger partial charge in [0.25, 0.3) is 0 Å². The molecular formula is C25H31BN2O2. The maximum atomic E-state index is 5.50. The van der Waals surface area contributed by atoms with Crippen LogP contribution in [0.2, 0.25) is 6.32 Å². The van der Waals surface area contributed by atoms with Gasteiger partial charge in [-0.25, -0.2) is 4.98 Å². The van der Waals surface area contributed by atoms with Crippen molar-refractivity contribution in [3.8, 4) is 0 Å². The summed E-state index contributed by atoms with van der Waals surface area (Å²) in [7, 11) is 0. The van der Waals surface area contributed by atoms with Crippen molar-refractivity contribution in [3.05, 3.63) is 92.0 Å². The van der Waals surface area contributed by atoms with Crippen LogP contribution in [0.25, 0.3) is 0 Å². The van der Waals surface area contributed by atoms with Gasteiger partial charge in [0, 0.05) is 24.9 Å². The summed E-state index contributed by atoms with van der Waals surface area (Å²) in [5, 5.41) is 0. The molecular weight excluding hydrogens is 371 g/mol. The first-order valence-corrected chi connectivity index (χ1v) is 10.7. The van der Waals surface area contributed by atoms with E-state index in [1.165, 1.54) is 10.9 Å². The van der Waals surface area contributed by atoms with E-state index in [4.69, 9.17) is 9.47 Å². The Hall–Kier alpha value is -2.63. The van der Waals surface area contributed by atoms with E-state index in [-0.39, 0.29) is 6.29 Å². The van der Waals surface area contributed by atoms with Crippen LogP contribution in [0.3, 0.4) is 0 Å². The Morgan fingerprint density at radius 2 is 1.67 bits per heavy atom.